The van der Waals surface area contributed by atoms with E-state index in [4.69, 9.17) is 11.6 Å². The van der Waals surface area contributed by atoms with E-state index in [2.05, 4.69) is 10.6 Å². The van der Waals surface area contributed by atoms with Crippen molar-refractivity contribution in [1.29, 1.82) is 5.26 Å². The number of aromatic nitrogens is 1. The highest BCUT2D eigenvalue weighted by Crippen LogP contribution is 2.25. The predicted octanol–water partition coefficient (Wildman–Crippen LogP) is 5.93. The monoisotopic (exact) mass is 486 g/mol. The van der Waals surface area contributed by atoms with Crippen molar-refractivity contribution in [1.82, 2.24) is 4.57 Å². The summed E-state index contributed by atoms with van der Waals surface area (Å²) >= 11 is 6.03. The number of benzene rings is 3. The van der Waals surface area contributed by atoms with Crippen LogP contribution in [0.25, 0.3) is 17.0 Å². The summed E-state index contributed by atoms with van der Waals surface area (Å²) < 4.78 is 14.8. The Morgan fingerprint density at radius 3 is 2.57 bits per heavy atom. The van der Waals surface area contributed by atoms with Crippen molar-refractivity contribution in [2.75, 3.05) is 10.6 Å². The highest BCUT2D eigenvalue weighted by atomic mass is 35.5. The smallest absolute Gasteiger partial charge is 0.266 e. The summed E-state index contributed by atoms with van der Waals surface area (Å²) in [5, 5.41) is 16.4. The van der Waals surface area contributed by atoms with E-state index in [0.717, 1.165) is 16.5 Å². The molecule has 0 aliphatic carbocycles. The maximum Gasteiger partial charge on any atom is 0.266 e. The summed E-state index contributed by atoms with van der Waals surface area (Å²) in [6, 6.07) is 19.9. The molecule has 1 heterocycles. The molecule has 1 aromatic heterocycles. The minimum Gasteiger partial charge on any atom is -0.337 e. The number of hydrogen-bond donors (Lipinski definition) is 2. The van der Waals surface area contributed by atoms with Crippen molar-refractivity contribution in [3.63, 3.8) is 0 Å². The number of fused-ring (bicyclic) bond motifs is 1. The lowest BCUT2D eigenvalue weighted by Gasteiger charge is -2.08. The first kappa shape index (κ1) is 23.7. The van der Waals surface area contributed by atoms with Crippen LogP contribution in [0.15, 0.2) is 78.5 Å². The van der Waals surface area contributed by atoms with Crippen LogP contribution < -0.4 is 10.6 Å². The molecule has 0 saturated heterocycles. The molecular formula is C27H20ClFN4O2. The number of carbonyl (C=O) groups excluding carboxylic acids is 2. The first-order valence-corrected chi connectivity index (χ1v) is 11.0. The fraction of sp³-hybridized carbons (Fsp3) is 0.0741. The molecule has 0 unspecified atom stereocenters. The predicted molar refractivity (Wildman–Crippen MR) is 135 cm³/mol. The number of rotatable bonds is 6. The second kappa shape index (κ2) is 10.2. The molecular weight excluding hydrogens is 467 g/mol. The van der Waals surface area contributed by atoms with Gasteiger partial charge in [0, 0.05) is 39.1 Å². The van der Waals surface area contributed by atoms with E-state index in [9.17, 15) is 19.2 Å². The van der Waals surface area contributed by atoms with E-state index >= 15 is 0 Å². The quantitative estimate of drug-likeness (QED) is 0.262. The third-order valence-corrected chi connectivity index (χ3v) is 5.61. The first-order chi connectivity index (χ1) is 16.8. The zero-order valence-corrected chi connectivity index (χ0v) is 19.4. The van der Waals surface area contributed by atoms with Gasteiger partial charge in [0.15, 0.2) is 0 Å². The number of amides is 2. The summed E-state index contributed by atoms with van der Waals surface area (Å²) in [6.07, 6.45) is 3.20. The lowest BCUT2D eigenvalue weighted by Crippen LogP contribution is -2.18. The van der Waals surface area contributed by atoms with Crippen LogP contribution >= 0.6 is 11.6 Å². The van der Waals surface area contributed by atoms with Crippen molar-refractivity contribution in [2.24, 2.45) is 0 Å². The van der Waals surface area contributed by atoms with Gasteiger partial charge in [0.25, 0.3) is 5.91 Å². The summed E-state index contributed by atoms with van der Waals surface area (Å²) in [4.78, 5) is 25.4. The molecule has 0 saturated carbocycles. The van der Waals surface area contributed by atoms with Crippen LogP contribution in [-0.2, 0) is 16.1 Å². The van der Waals surface area contributed by atoms with Gasteiger partial charge in [-0.1, -0.05) is 35.9 Å². The van der Waals surface area contributed by atoms with Crippen molar-refractivity contribution in [3.05, 3.63) is 100 Å². The van der Waals surface area contributed by atoms with E-state index < -0.39 is 11.7 Å². The lowest BCUT2D eigenvalue weighted by atomic mass is 10.1. The third kappa shape index (κ3) is 5.57. The van der Waals surface area contributed by atoms with Crippen LogP contribution in [0.2, 0.25) is 5.02 Å². The average molecular weight is 487 g/mol. The molecule has 0 bridgehead atoms. The number of hydrogen-bond acceptors (Lipinski definition) is 3. The minimum absolute atomic E-state index is 0.0124. The molecule has 0 aliphatic rings. The number of carbonyl (C=O) groups is 2. The van der Waals surface area contributed by atoms with Gasteiger partial charge in [0.05, 0.1) is 0 Å². The highest BCUT2D eigenvalue weighted by Gasteiger charge is 2.15. The van der Waals surface area contributed by atoms with Crippen LogP contribution in [0.3, 0.4) is 0 Å². The lowest BCUT2D eigenvalue weighted by molar-refractivity contribution is -0.116. The number of anilines is 2. The summed E-state index contributed by atoms with van der Waals surface area (Å²) in [5.41, 5.74) is 3.09. The van der Waals surface area contributed by atoms with Crippen molar-refractivity contribution < 1.29 is 14.0 Å². The standard InChI is InChI=1S/C27H20ClFN4O2/c1-17-6-7-20(28)13-24(17)32-27(35)18(14-30)12-19-15-33(25-5-3-2-4-23(19)25)16-26(34)31-22-10-8-21(29)9-11-22/h2-13,15H,16H2,1H3,(H,31,34)(H,32,35). The van der Waals surface area contributed by atoms with Gasteiger partial charge in [-0.15, -0.1) is 0 Å². The molecule has 0 aliphatic heterocycles. The maximum absolute atomic E-state index is 13.1. The molecule has 3 aromatic carbocycles. The molecule has 4 aromatic rings. The van der Waals surface area contributed by atoms with E-state index in [1.165, 1.54) is 30.3 Å². The number of halogens is 2. The number of nitrogens with one attached hydrogen (secondary N) is 2. The zero-order valence-electron chi connectivity index (χ0n) is 18.7. The molecule has 2 N–H and O–H groups in total. The second-order valence-corrected chi connectivity index (χ2v) is 8.30. The van der Waals surface area contributed by atoms with Gasteiger partial charge in [-0.05, 0) is 61.0 Å². The summed E-state index contributed by atoms with van der Waals surface area (Å²) in [5.74, 6) is -1.26. The van der Waals surface area contributed by atoms with Gasteiger partial charge in [-0.25, -0.2) is 4.39 Å². The number of para-hydroxylation sites is 1. The van der Waals surface area contributed by atoms with Crippen LogP contribution in [0, 0.1) is 24.1 Å². The maximum atomic E-state index is 13.1. The van der Waals surface area contributed by atoms with Gasteiger partial charge in [0.2, 0.25) is 5.91 Å². The van der Waals surface area contributed by atoms with Crippen LogP contribution in [0.4, 0.5) is 15.8 Å². The van der Waals surface area contributed by atoms with Crippen molar-refractivity contribution in [2.45, 2.75) is 13.5 Å². The topological polar surface area (TPSA) is 86.9 Å². The van der Waals surface area contributed by atoms with E-state index in [-0.39, 0.29) is 18.0 Å². The fourth-order valence-corrected chi connectivity index (χ4v) is 3.80. The Labute approximate surface area is 206 Å². The number of nitriles is 1. The summed E-state index contributed by atoms with van der Waals surface area (Å²) in [7, 11) is 0. The molecule has 35 heavy (non-hydrogen) atoms. The van der Waals surface area contributed by atoms with E-state index in [1.54, 1.807) is 29.0 Å². The van der Waals surface area contributed by atoms with E-state index in [1.807, 2.05) is 37.3 Å². The number of aryl methyl sites for hydroxylation is 1. The zero-order chi connectivity index (χ0) is 24.9. The van der Waals surface area contributed by atoms with Gasteiger partial charge >= 0.3 is 0 Å². The van der Waals surface area contributed by atoms with Gasteiger partial charge in [0.1, 0.15) is 24.0 Å². The SMILES string of the molecule is Cc1ccc(Cl)cc1NC(=O)C(C#N)=Cc1cn(CC(=O)Nc2ccc(F)cc2)c2ccccc12. The Morgan fingerprint density at radius 2 is 1.83 bits per heavy atom. The van der Waals surface area contributed by atoms with Gasteiger partial charge in [-0.2, -0.15) is 5.26 Å². The normalized spacial score (nSPS) is 11.2. The van der Waals surface area contributed by atoms with Gasteiger partial charge < -0.3 is 15.2 Å². The Kier molecular flexibility index (Phi) is 6.95. The molecule has 4 rings (SSSR count). The molecule has 0 atom stereocenters. The average Bonchev–Trinajstić information content (AvgIpc) is 3.18. The Bertz CT molecular complexity index is 1500. The van der Waals surface area contributed by atoms with E-state index in [0.29, 0.717) is 22.0 Å². The number of nitrogens with zero attached hydrogens (tertiary/aromatic N) is 2. The Hall–Kier alpha value is -4.41. The fourth-order valence-electron chi connectivity index (χ4n) is 3.63. The van der Waals surface area contributed by atoms with Crippen molar-refractivity contribution >= 4 is 51.8 Å². The van der Waals surface area contributed by atoms with Crippen LogP contribution in [0.1, 0.15) is 11.1 Å². The van der Waals surface area contributed by atoms with Crippen LogP contribution in [0.5, 0.6) is 0 Å². The van der Waals surface area contributed by atoms with Crippen molar-refractivity contribution in [3.8, 4) is 6.07 Å². The summed E-state index contributed by atoms with van der Waals surface area (Å²) in [6.45, 7) is 1.81. The molecule has 2 amide bonds. The Balaban J connectivity index is 1.60. The first-order valence-electron chi connectivity index (χ1n) is 10.7. The molecule has 0 spiro atoms. The van der Waals surface area contributed by atoms with Gasteiger partial charge in [-0.3, -0.25) is 9.59 Å². The van der Waals surface area contributed by atoms with Crippen LogP contribution in [-0.4, -0.2) is 16.4 Å². The molecule has 0 radical (unpaired) electrons. The second-order valence-electron chi connectivity index (χ2n) is 7.87. The molecule has 6 nitrogen and oxygen atoms in total. The highest BCUT2D eigenvalue weighted by molar-refractivity contribution is 6.31. The molecule has 8 heteroatoms. The Morgan fingerprint density at radius 1 is 1.09 bits per heavy atom. The molecule has 174 valence electrons. The largest absolute Gasteiger partial charge is 0.337 e. The third-order valence-electron chi connectivity index (χ3n) is 5.37. The minimum atomic E-state index is -0.566. The molecule has 0 fully saturated rings.